The lowest BCUT2D eigenvalue weighted by Crippen LogP contribution is -2.13. The van der Waals surface area contributed by atoms with Gasteiger partial charge in [0.05, 0.1) is 23.8 Å². The minimum atomic E-state index is -0.430. The fraction of sp³-hybridized carbons (Fsp3) is 0.176. The number of carbonyl (C=O) groups is 2. The average molecular weight is 579 g/mol. The maximum absolute atomic E-state index is 14.1. The van der Waals surface area contributed by atoms with Crippen molar-refractivity contribution in [3.05, 3.63) is 108 Å². The monoisotopic (exact) mass is 578 g/mol. The van der Waals surface area contributed by atoms with Crippen LogP contribution in [0.3, 0.4) is 0 Å². The molecule has 0 aliphatic heterocycles. The van der Waals surface area contributed by atoms with Gasteiger partial charge in [0.1, 0.15) is 11.6 Å². The first-order valence-corrected chi connectivity index (χ1v) is 13.9. The largest absolute Gasteiger partial charge is 0.490 e. The molecule has 0 saturated carbocycles. The van der Waals surface area contributed by atoms with E-state index in [4.69, 9.17) is 14.5 Å². The smallest absolute Gasteiger partial charge is 0.338 e. The average Bonchev–Trinajstić information content (AvgIpc) is 2.98. The Morgan fingerprint density at radius 1 is 0.930 bits per heavy atom. The Morgan fingerprint density at radius 2 is 1.70 bits per heavy atom. The molecule has 0 fully saturated rings. The van der Waals surface area contributed by atoms with Crippen molar-refractivity contribution in [2.45, 2.75) is 33.8 Å². The molecule has 1 amide bonds. The molecule has 0 bridgehead atoms. The van der Waals surface area contributed by atoms with Gasteiger partial charge in [-0.2, -0.15) is 0 Å². The molecule has 0 saturated heterocycles. The van der Waals surface area contributed by atoms with Gasteiger partial charge in [-0.15, -0.1) is 0 Å². The highest BCUT2D eigenvalue weighted by Gasteiger charge is 2.15. The Hall–Kier alpha value is -5.31. The Morgan fingerprint density at radius 3 is 2.42 bits per heavy atom. The second kappa shape index (κ2) is 12.7. The number of amides is 1. The van der Waals surface area contributed by atoms with Crippen molar-refractivity contribution in [2.24, 2.45) is 0 Å². The number of carbonyl (C=O) groups excluding carboxylic acids is 2. The van der Waals surface area contributed by atoms with Crippen LogP contribution in [0.5, 0.6) is 5.75 Å². The van der Waals surface area contributed by atoms with Crippen molar-refractivity contribution in [1.29, 1.82) is 0 Å². The van der Waals surface area contributed by atoms with Crippen LogP contribution in [0.4, 0.5) is 21.7 Å². The van der Waals surface area contributed by atoms with Gasteiger partial charge in [-0.25, -0.2) is 19.2 Å². The molecule has 218 valence electrons. The first kappa shape index (κ1) is 29.2. The molecule has 1 heterocycles. The molecule has 0 spiro atoms. The maximum atomic E-state index is 14.1. The molecule has 5 rings (SSSR count). The van der Waals surface area contributed by atoms with E-state index in [9.17, 15) is 14.0 Å². The number of anilines is 3. The normalized spacial score (nSPS) is 10.9. The summed E-state index contributed by atoms with van der Waals surface area (Å²) in [5.41, 5.74) is 5.21. The topological polar surface area (TPSA) is 102 Å². The standard InChI is InChI=1S/C34H31FN4O4/c1-5-42-33(41)23-11-9-22(10-12-23)32(40)38-29-16-14-26(17-21(29)4)37-34-36-19-24-7-6-8-28(31(24)39-34)27-15-13-25(35)18-30(27)43-20(2)3/h6-20H,5H2,1-4H3,(H,38,40)(H,36,37,39). The number of halogens is 1. The third-order valence-electron chi connectivity index (χ3n) is 6.60. The van der Waals surface area contributed by atoms with Crippen LogP contribution in [0.15, 0.2) is 85.1 Å². The maximum Gasteiger partial charge on any atom is 0.338 e. The summed E-state index contributed by atoms with van der Waals surface area (Å²) in [4.78, 5) is 34.0. The molecule has 0 aliphatic rings. The van der Waals surface area contributed by atoms with Crippen LogP contribution in [-0.2, 0) is 4.74 Å². The number of nitrogens with one attached hydrogen (secondary N) is 2. The molecule has 0 radical (unpaired) electrons. The van der Waals surface area contributed by atoms with Gasteiger partial charge >= 0.3 is 5.97 Å². The van der Waals surface area contributed by atoms with Crippen molar-refractivity contribution >= 4 is 40.1 Å². The number of nitrogens with zero attached hydrogens (tertiary/aromatic N) is 2. The zero-order chi connectivity index (χ0) is 30.5. The van der Waals surface area contributed by atoms with Crippen LogP contribution < -0.4 is 15.4 Å². The Bertz CT molecular complexity index is 1810. The summed E-state index contributed by atoms with van der Waals surface area (Å²) >= 11 is 0. The summed E-state index contributed by atoms with van der Waals surface area (Å²) in [5.74, 6) is -0.282. The van der Waals surface area contributed by atoms with E-state index in [1.54, 1.807) is 49.5 Å². The van der Waals surface area contributed by atoms with E-state index in [-0.39, 0.29) is 24.4 Å². The third-order valence-corrected chi connectivity index (χ3v) is 6.60. The molecule has 2 N–H and O–H groups in total. The number of aromatic nitrogens is 2. The summed E-state index contributed by atoms with van der Waals surface area (Å²) in [7, 11) is 0. The molecular formula is C34H31FN4O4. The number of hydrogen-bond donors (Lipinski definition) is 2. The Kier molecular flexibility index (Phi) is 8.61. The van der Waals surface area contributed by atoms with Gasteiger partial charge in [-0.1, -0.05) is 18.2 Å². The number of benzene rings is 4. The van der Waals surface area contributed by atoms with Crippen molar-refractivity contribution < 1.29 is 23.5 Å². The summed E-state index contributed by atoms with van der Waals surface area (Å²) in [6.07, 6.45) is 1.60. The summed E-state index contributed by atoms with van der Waals surface area (Å²) in [6, 6.07) is 22.0. The second-order valence-electron chi connectivity index (χ2n) is 10.2. The SMILES string of the molecule is CCOC(=O)c1ccc(C(=O)Nc2ccc(Nc3ncc4cccc(-c5ccc(F)cc5OC(C)C)c4n3)cc2C)cc1. The lowest BCUT2D eigenvalue weighted by Gasteiger charge is -2.16. The molecule has 0 aliphatic carbocycles. The van der Waals surface area contributed by atoms with Crippen molar-refractivity contribution in [2.75, 3.05) is 17.2 Å². The van der Waals surface area contributed by atoms with E-state index in [2.05, 4.69) is 15.6 Å². The molecule has 9 heteroatoms. The molecule has 0 atom stereocenters. The van der Waals surface area contributed by atoms with E-state index in [1.807, 2.05) is 51.1 Å². The minimum Gasteiger partial charge on any atom is -0.490 e. The predicted octanol–water partition coefficient (Wildman–Crippen LogP) is 7.70. The lowest BCUT2D eigenvalue weighted by molar-refractivity contribution is 0.0526. The number of esters is 1. The van der Waals surface area contributed by atoms with Gasteiger partial charge < -0.3 is 20.1 Å². The molecular weight excluding hydrogens is 547 g/mol. The van der Waals surface area contributed by atoms with E-state index >= 15 is 0 Å². The number of fused-ring (bicyclic) bond motifs is 1. The molecule has 0 unspecified atom stereocenters. The predicted molar refractivity (Wildman–Crippen MR) is 166 cm³/mol. The quantitative estimate of drug-likeness (QED) is 0.173. The third kappa shape index (κ3) is 6.78. The van der Waals surface area contributed by atoms with Crippen LogP contribution in [0, 0.1) is 12.7 Å². The Balaban J connectivity index is 1.36. The van der Waals surface area contributed by atoms with Crippen molar-refractivity contribution in [1.82, 2.24) is 9.97 Å². The van der Waals surface area contributed by atoms with E-state index in [1.165, 1.54) is 12.1 Å². The lowest BCUT2D eigenvalue weighted by atomic mass is 10.0. The van der Waals surface area contributed by atoms with E-state index in [0.29, 0.717) is 34.0 Å². The fourth-order valence-corrected chi connectivity index (χ4v) is 4.58. The van der Waals surface area contributed by atoms with Gasteiger partial charge in [0.15, 0.2) is 0 Å². The molecule has 8 nitrogen and oxygen atoms in total. The van der Waals surface area contributed by atoms with Crippen LogP contribution in [0.1, 0.15) is 47.1 Å². The first-order chi connectivity index (χ1) is 20.7. The van der Waals surface area contributed by atoms with E-state index in [0.717, 1.165) is 27.8 Å². The zero-order valence-corrected chi connectivity index (χ0v) is 24.3. The van der Waals surface area contributed by atoms with Crippen LogP contribution in [0.25, 0.3) is 22.0 Å². The molecule has 5 aromatic rings. The number of rotatable bonds is 9. The molecule has 4 aromatic carbocycles. The van der Waals surface area contributed by atoms with Gasteiger partial charge in [0, 0.05) is 45.7 Å². The summed E-state index contributed by atoms with van der Waals surface area (Å²) < 4.78 is 25.0. The fourth-order valence-electron chi connectivity index (χ4n) is 4.58. The highest BCUT2D eigenvalue weighted by atomic mass is 19.1. The Labute approximate surface area is 248 Å². The van der Waals surface area contributed by atoms with Crippen LogP contribution in [-0.4, -0.2) is 34.6 Å². The number of para-hydroxylation sites is 1. The first-order valence-electron chi connectivity index (χ1n) is 13.9. The van der Waals surface area contributed by atoms with Crippen molar-refractivity contribution in [3.63, 3.8) is 0 Å². The number of aryl methyl sites for hydroxylation is 1. The van der Waals surface area contributed by atoms with Gasteiger partial charge in [0.2, 0.25) is 5.95 Å². The number of hydrogen-bond acceptors (Lipinski definition) is 7. The highest BCUT2D eigenvalue weighted by Crippen LogP contribution is 2.36. The van der Waals surface area contributed by atoms with E-state index < -0.39 is 5.97 Å². The summed E-state index contributed by atoms with van der Waals surface area (Å²) in [5, 5.41) is 6.98. The second-order valence-corrected chi connectivity index (χ2v) is 10.2. The number of ether oxygens (including phenoxy) is 2. The minimum absolute atomic E-state index is 0.129. The van der Waals surface area contributed by atoms with Gasteiger partial charge in [0.25, 0.3) is 5.91 Å². The van der Waals surface area contributed by atoms with Crippen molar-refractivity contribution in [3.8, 4) is 16.9 Å². The van der Waals surface area contributed by atoms with Crippen LogP contribution in [0.2, 0.25) is 0 Å². The van der Waals surface area contributed by atoms with Gasteiger partial charge in [-0.3, -0.25) is 4.79 Å². The van der Waals surface area contributed by atoms with Gasteiger partial charge in [-0.05, 0) is 87.9 Å². The highest BCUT2D eigenvalue weighted by molar-refractivity contribution is 6.05. The summed E-state index contributed by atoms with van der Waals surface area (Å²) in [6.45, 7) is 7.69. The molecule has 43 heavy (non-hydrogen) atoms. The molecule has 1 aromatic heterocycles. The zero-order valence-electron chi connectivity index (χ0n) is 24.3. The van der Waals surface area contributed by atoms with Crippen LogP contribution >= 0.6 is 0 Å².